The average molecular weight is 432 g/mol. The first-order valence-corrected chi connectivity index (χ1v) is 11.5. The predicted molar refractivity (Wildman–Crippen MR) is 121 cm³/mol. The first-order valence-electron chi connectivity index (χ1n) is 9.53. The Bertz CT molecular complexity index is 1060. The molecular formula is C20H25N5O2S2. The first-order chi connectivity index (χ1) is 14.0. The minimum Gasteiger partial charge on any atom is -0.342 e. The van der Waals surface area contributed by atoms with Gasteiger partial charge in [0.1, 0.15) is 15.8 Å². The van der Waals surface area contributed by atoms with Gasteiger partial charge in [0.2, 0.25) is 0 Å². The third-order valence-corrected chi connectivity index (χ3v) is 6.57. The summed E-state index contributed by atoms with van der Waals surface area (Å²) >= 11 is 3.32. The fourth-order valence-electron chi connectivity index (χ4n) is 2.96. The molecule has 0 fully saturated rings. The summed E-state index contributed by atoms with van der Waals surface area (Å²) in [5, 5.41) is 13.2. The van der Waals surface area contributed by atoms with E-state index >= 15 is 0 Å². The number of aryl methyl sites for hydroxylation is 3. The average Bonchev–Trinajstić information content (AvgIpc) is 3.10. The van der Waals surface area contributed by atoms with E-state index in [1.54, 1.807) is 23.1 Å². The molecule has 3 rings (SSSR count). The van der Waals surface area contributed by atoms with Crippen molar-refractivity contribution >= 4 is 34.6 Å². The fourth-order valence-corrected chi connectivity index (χ4v) is 4.66. The van der Waals surface area contributed by atoms with E-state index in [-0.39, 0.29) is 5.56 Å². The number of benzene rings is 1. The standard InChI is InChI=1S/C20H25N5O2S2/c1-4-15-10-16(7-6-13(15)2)21-17-11-19(26)25(20(27)22-17)8-5-9-28-12-18-24-23-14(3)29-18/h6-7,10-11,21H,4-5,8-9,12H2,1-3H3,(H,22,27). The highest BCUT2D eigenvalue weighted by Gasteiger charge is 2.06. The third-order valence-electron chi connectivity index (χ3n) is 4.49. The Kier molecular flexibility index (Phi) is 7.27. The second-order valence-electron chi connectivity index (χ2n) is 6.72. The van der Waals surface area contributed by atoms with Crippen LogP contribution in [0.1, 0.15) is 34.5 Å². The lowest BCUT2D eigenvalue weighted by molar-refractivity contribution is 0.620. The Morgan fingerprint density at radius 1 is 1.21 bits per heavy atom. The van der Waals surface area contributed by atoms with Crippen LogP contribution in [0.4, 0.5) is 11.5 Å². The molecule has 0 radical (unpaired) electrons. The van der Waals surface area contributed by atoms with Gasteiger partial charge in [0.05, 0.1) is 0 Å². The quantitative estimate of drug-likeness (QED) is 0.503. The van der Waals surface area contributed by atoms with Gasteiger partial charge in [0.25, 0.3) is 5.56 Å². The van der Waals surface area contributed by atoms with Crippen LogP contribution < -0.4 is 16.6 Å². The highest BCUT2D eigenvalue weighted by Crippen LogP contribution is 2.19. The number of aromatic nitrogens is 4. The van der Waals surface area contributed by atoms with Crippen molar-refractivity contribution in [2.45, 2.75) is 45.9 Å². The summed E-state index contributed by atoms with van der Waals surface area (Å²) < 4.78 is 1.24. The zero-order valence-electron chi connectivity index (χ0n) is 16.8. The molecule has 0 bridgehead atoms. The maximum Gasteiger partial charge on any atom is 0.329 e. The number of nitrogens with zero attached hydrogens (tertiary/aromatic N) is 3. The fraction of sp³-hybridized carbons (Fsp3) is 0.400. The van der Waals surface area contributed by atoms with E-state index in [1.807, 2.05) is 25.1 Å². The van der Waals surface area contributed by atoms with Crippen LogP contribution in [0.5, 0.6) is 0 Å². The van der Waals surface area contributed by atoms with Gasteiger partial charge in [-0.15, -0.1) is 21.5 Å². The Morgan fingerprint density at radius 3 is 2.72 bits per heavy atom. The van der Waals surface area contributed by atoms with E-state index in [1.165, 1.54) is 21.8 Å². The van der Waals surface area contributed by atoms with Crippen LogP contribution >= 0.6 is 23.1 Å². The van der Waals surface area contributed by atoms with Crippen LogP contribution in [-0.2, 0) is 18.7 Å². The number of hydrogen-bond acceptors (Lipinski definition) is 7. The van der Waals surface area contributed by atoms with Gasteiger partial charge in [-0.1, -0.05) is 13.0 Å². The van der Waals surface area contributed by atoms with E-state index < -0.39 is 5.69 Å². The number of nitrogens with one attached hydrogen (secondary N) is 2. The number of H-pyrrole nitrogens is 1. The summed E-state index contributed by atoms with van der Waals surface area (Å²) in [5.41, 5.74) is 2.60. The minimum atomic E-state index is -0.396. The second kappa shape index (κ2) is 9.89. The summed E-state index contributed by atoms with van der Waals surface area (Å²) in [6.45, 7) is 6.49. The molecule has 29 heavy (non-hydrogen) atoms. The van der Waals surface area contributed by atoms with E-state index in [9.17, 15) is 9.59 Å². The molecule has 7 nitrogen and oxygen atoms in total. The van der Waals surface area contributed by atoms with Gasteiger partial charge in [-0.25, -0.2) is 4.79 Å². The number of thioether (sulfide) groups is 1. The Hall–Kier alpha value is -2.39. The zero-order chi connectivity index (χ0) is 20.8. The summed E-state index contributed by atoms with van der Waals surface area (Å²) in [6, 6.07) is 7.44. The van der Waals surface area contributed by atoms with E-state index in [0.29, 0.717) is 12.4 Å². The van der Waals surface area contributed by atoms with Crippen LogP contribution in [0.15, 0.2) is 33.9 Å². The molecule has 154 valence electrons. The van der Waals surface area contributed by atoms with Crippen LogP contribution in [-0.4, -0.2) is 25.5 Å². The van der Waals surface area contributed by atoms with E-state index in [4.69, 9.17) is 0 Å². The lowest BCUT2D eigenvalue weighted by Crippen LogP contribution is -2.35. The molecule has 2 heterocycles. The maximum atomic E-state index is 12.4. The molecule has 9 heteroatoms. The van der Waals surface area contributed by atoms with Crippen molar-refractivity contribution in [3.05, 3.63) is 66.2 Å². The molecule has 0 aliphatic carbocycles. The van der Waals surface area contributed by atoms with Gasteiger partial charge in [0.15, 0.2) is 0 Å². The smallest absolute Gasteiger partial charge is 0.329 e. The first kappa shape index (κ1) is 21.3. The van der Waals surface area contributed by atoms with Crippen LogP contribution in [0.3, 0.4) is 0 Å². The molecule has 3 aromatic rings. The van der Waals surface area contributed by atoms with Gasteiger partial charge >= 0.3 is 5.69 Å². The van der Waals surface area contributed by atoms with E-state index in [0.717, 1.165) is 40.0 Å². The summed E-state index contributed by atoms with van der Waals surface area (Å²) in [6.07, 6.45) is 1.66. The van der Waals surface area contributed by atoms with Crippen LogP contribution in [0, 0.1) is 13.8 Å². The summed E-state index contributed by atoms with van der Waals surface area (Å²) in [4.78, 5) is 27.5. The SMILES string of the molecule is CCc1cc(Nc2cc(=O)n(CCCSCc3nnc(C)s3)c(=O)[nH]2)ccc1C. The molecule has 0 amide bonds. The topological polar surface area (TPSA) is 92.7 Å². The van der Waals surface area contributed by atoms with Crippen molar-refractivity contribution in [1.82, 2.24) is 19.7 Å². The monoisotopic (exact) mass is 431 g/mol. The van der Waals surface area contributed by atoms with Crippen molar-refractivity contribution in [3.63, 3.8) is 0 Å². The zero-order valence-corrected chi connectivity index (χ0v) is 18.5. The predicted octanol–water partition coefficient (Wildman–Crippen LogP) is 3.63. The van der Waals surface area contributed by atoms with Crippen molar-refractivity contribution < 1.29 is 0 Å². The molecule has 0 saturated carbocycles. The van der Waals surface area contributed by atoms with Crippen molar-refractivity contribution in [1.29, 1.82) is 0 Å². The van der Waals surface area contributed by atoms with Gasteiger partial charge in [-0.3, -0.25) is 14.3 Å². The summed E-state index contributed by atoms with van der Waals surface area (Å²) in [5.74, 6) is 2.05. The highest BCUT2D eigenvalue weighted by atomic mass is 32.2. The molecule has 0 aliphatic heterocycles. The maximum absolute atomic E-state index is 12.4. The van der Waals surface area contributed by atoms with Crippen LogP contribution in [0.25, 0.3) is 0 Å². The van der Waals surface area contributed by atoms with E-state index in [2.05, 4.69) is 34.3 Å². The normalized spacial score (nSPS) is 11.0. The van der Waals surface area contributed by atoms with Crippen LogP contribution in [0.2, 0.25) is 0 Å². The lowest BCUT2D eigenvalue weighted by atomic mass is 10.1. The molecular weight excluding hydrogens is 406 g/mol. The number of hydrogen-bond donors (Lipinski definition) is 2. The molecule has 0 spiro atoms. The second-order valence-corrected chi connectivity index (χ2v) is 9.09. The third kappa shape index (κ3) is 5.80. The van der Waals surface area contributed by atoms with Crippen molar-refractivity contribution in [3.8, 4) is 0 Å². The minimum absolute atomic E-state index is 0.302. The number of anilines is 2. The van der Waals surface area contributed by atoms with Gasteiger partial charge in [-0.05, 0) is 55.7 Å². The molecule has 2 aromatic heterocycles. The van der Waals surface area contributed by atoms with Gasteiger partial charge in [-0.2, -0.15) is 11.8 Å². The lowest BCUT2D eigenvalue weighted by Gasteiger charge is -2.11. The van der Waals surface area contributed by atoms with Crippen molar-refractivity contribution in [2.24, 2.45) is 0 Å². The molecule has 0 atom stereocenters. The molecule has 0 saturated heterocycles. The molecule has 2 N–H and O–H groups in total. The molecule has 1 aromatic carbocycles. The Labute approximate surface area is 177 Å². The highest BCUT2D eigenvalue weighted by molar-refractivity contribution is 7.98. The Morgan fingerprint density at radius 2 is 2.03 bits per heavy atom. The number of aromatic amines is 1. The van der Waals surface area contributed by atoms with Gasteiger partial charge in [0, 0.05) is 24.1 Å². The molecule has 0 unspecified atom stereocenters. The largest absolute Gasteiger partial charge is 0.342 e. The summed E-state index contributed by atoms with van der Waals surface area (Å²) in [7, 11) is 0. The molecule has 0 aliphatic rings. The Balaban J connectivity index is 1.57. The number of rotatable bonds is 9. The van der Waals surface area contributed by atoms with Gasteiger partial charge < -0.3 is 5.32 Å². The van der Waals surface area contributed by atoms with Crippen molar-refractivity contribution in [2.75, 3.05) is 11.1 Å².